The van der Waals surface area contributed by atoms with Gasteiger partial charge in [-0.3, -0.25) is 0 Å². The number of pyridine rings is 1. The van der Waals surface area contributed by atoms with Gasteiger partial charge in [0.05, 0.1) is 5.52 Å². The number of anilines is 1. The van der Waals surface area contributed by atoms with Gasteiger partial charge >= 0.3 is 0 Å². The molecule has 0 atom stereocenters. The molecule has 3 heteroatoms. The van der Waals surface area contributed by atoms with Crippen LogP contribution in [0.15, 0.2) is 59.5 Å². The average molecular weight is 294 g/mol. The van der Waals surface area contributed by atoms with Crippen LogP contribution >= 0.6 is 11.8 Å². The number of rotatable bonds is 3. The van der Waals surface area contributed by atoms with Crippen molar-refractivity contribution in [3.63, 3.8) is 0 Å². The molecule has 106 valence electrons. The van der Waals surface area contributed by atoms with E-state index in [0.29, 0.717) is 0 Å². The lowest BCUT2D eigenvalue weighted by molar-refractivity contribution is 1.08. The Bertz CT molecular complexity index is 767. The first-order valence-corrected chi connectivity index (χ1v) is 8.13. The molecule has 3 aromatic rings. The molecule has 0 amide bonds. The van der Waals surface area contributed by atoms with E-state index < -0.39 is 0 Å². The van der Waals surface area contributed by atoms with Crippen LogP contribution < -0.4 is 4.90 Å². The van der Waals surface area contributed by atoms with E-state index in [1.165, 1.54) is 21.4 Å². The lowest BCUT2D eigenvalue weighted by Gasteiger charge is -2.16. The predicted molar refractivity (Wildman–Crippen MR) is 93.3 cm³/mol. The highest BCUT2D eigenvalue weighted by molar-refractivity contribution is 7.98. The number of thioether (sulfide) groups is 1. The monoisotopic (exact) mass is 294 g/mol. The summed E-state index contributed by atoms with van der Waals surface area (Å²) in [4.78, 5) is 8.07. The summed E-state index contributed by atoms with van der Waals surface area (Å²) in [5, 5.41) is 1.21. The van der Waals surface area contributed by atoms with Crippen molar-refractivity contribution in [3.8, 4) is 11.1 Å². The quantitative estimate of drug-likeness (QED) is 0.652. The molecule has 0 fully saturated rings. The normalized spacial score (nSPS) is 10.8. The lowest BCUT2D eigenvalue weighted by Crippen LogP contribution is -2.10. The first kappa shape index (κ1) is 14.0. The topological polar surface area (TPSA) is 16.1 Å². The molecule has 0 radical (unpaired) electrons. The van der Waals surface area contributed by atoms with Crippen LogP contribution in [0, 0.1) is 0 Å². The molecule has 3 rings (SSSR count). The molecule has 2 aromatic carbocycles. The van der Waals surface area contributed by atoms with Crippen LogP contribution in [0.1, 0.15) is 0 Å². The van der Waals surface area contributed by atoms with E-state index in [1.54, 1.807) is 11.8 Å². The molecule has 0 spiro atoms. The summed E-state index contributed by atoms with van der Waals surface area (Å²) in [7, 11) is 4.05. The average Bonchev–Trinajstić information content (AvgIpc) is 2.54. The molecule has 1 heterocycles. The van der Waals surface area contributed by atoms with Crippen LogP contribution in [0.2, 0.25) is 0 Å². The SMILES string of the molecule is CSc1ccc2nc(N(C)C)cc(-c3ccccc3)c2c1. The van der Waals surface area contributed by atoms with E-state index in [0.717, 1.165) is 11.3 Å². The van der Waals surface area contributed by atoms with Crippen LogP contribution in [0.25, 0.3) is 22.0 Å². The molecular weight excluding hydrogens is 276 g/mol. The Balaban J connectivity index is 2.32. The molecule has 0 saturated carbocycles. The van der Waals surface area contributed by atoms with Crippen molar-refractivity contribution < 1.29 is 0 Å². The maximum atomic E-state index is 4.75. The minimum atomic E-state index is 0.984. The van der Waals surface area contributed by atoms with Gasteiger partial charge in [-0.05, 0) is 41.6 Å². The second-order valence-corrected chi connectivity index (χ2v) is 6.05. The third-order valence-corrected chi connectivity index (χ3v) is 4.27. The van der Waals surface area contributed by atoms with Crippen molar-refractivity contribution >= 4 is 28.5 Å². The summed E-state index contributed by atoms with van der Waals surface area (Å²) in [6.45, 7) is 0. The molecule has 21 heavy (non-hydrogen) atoms. The Kier molecular flexibility index (Phi) is 3.84. The Hall–Kier alpha value is -2.00. The fourth-order valence-corrected chi connectivity index (χ4v) is 2.84. The minimum absolute atomic E-state index is 0.984. The second kappa shape index (κ2) is 5.78. The van der Waals surface area contributed by atoms with E-state index in [4.69, 9.17) is 4.98 Å². The van der Waals surface area contributed by atoms with Gasteiger partial charge in [-0.25, -0.2) is 4.98 Å². The van der Waals surface area contributed by atoms with Crippen molar-refractivity contribution in [2.75, 3.05) is 25.3 Å². The Morgan fingerprint density at radius 1 is 0.952 bits per heavy atom. The zero-order valence-corrected chi connectivity index (χ0v) is 13.3. The van der Waals surface area contributed by atoms with Crippen LogP contribution in [-0.2, 0) is 0 Å². The van der Waals surface area contributed by atoms with Crippen molar-refractivity contribution in [2.45, 2.75) is 4.90 Å². The third-order valence-electron chi connectivity index (χ3n) is 3.55. The van der Waals surface area contributed by atoms with E-state index in [-0.39, 0.29) is 0 Å². The Labute approximate surface area is 129 Å². The summed E-state index contributed by atoms with van der Waals surface area (Å²) in [5.41, 5.74) is 3.50. The molecule has 0 bridgehead atoms. The first-order valence-electron chi connectivity index (χ1n) is 6.90. The molecule has 0 aliphatic rings. The maximum absolute atomic E-state index is 4.75. The molecule has 2 nitrogen and oxygen atoms in total. The number of hydrogen-bond acceptors (Lipinski definition) is 3. The van der Waals surface area contributed by atoms with Gasteiger partial charge in [-0.15, -0.1) is 11.8 Å². The van der Waals surface area contributed by atoms with Gasteiger partial charge in [0.25, 0.3) is 0 Å². The van der Waals surface area contributed by atoms with E-state index in [1.807, 2.05) is 25.1 Å². The molecule has 0 unspecified atom stereocenters. The second-order valence-electron chi connectivity index (χ2n) is 5.17. The smallest absolute Gasteiger partial charge is 0.129 e. The molecular formula is C18H18N2S. The van der Waals surface area contributed by atoms with Crippen molar-refractivity contribution in [1.82, 2.24) is 4.98 Å². The summed E-state index contributed by atoms with van der Waals surface area (Å²) in [6.07, 6.45) is 2.10. The largest absolute Gasteiger partial charge is 0.363 e. The number of benzene rings is 2. The predicted octanol–water partition coefficient (Wildman–Crippen LogP) is 4.69. The van der Waals surface area contributed by atoms with Gasteiger partial charge < -0.3 is 4.90 Å². The standard InChI is InChI=1S/C18H18N2S/c1-20(2)18-12-15(13-7-5-4-6-8-13)16-11-14(21-3)9-10-17(16)19-18/h4-12H,1-3H3. The highest BCUT2D eigenvalue weighted by Crippen LogP contribution is 2.33. The summed E-state index contributed by atoms with van der Waals surface area (Å²) in [6, 6.07) is 19.2. The fraction of sp³-hybridized carbons (Fsp3) is 0.167. The summed E-state index contributed by atoms with van der Waals surface area (Å²) < 4.78 is 0. The van der Waals surface area contributed by atoms with E-state index in [2.05, 4.69) is 54.8 Å². The number of fused-ring (bicyclic) bond motifs is 1. The minimum Gasteiger partial charge on any atom is -0.363 e. The maximum Gasteiger partial charge on any atom is 0.129 e. The van der Waals surface area contributed by atoms with Gasteiger partial charge in [-0.2, -0.15) is 0 Å². The van der Waals surface area contributed by atoms with Gasteiger partial charge in [0.2, 0.25) is 0 Å². The molecule has 0 aliphatic carbocycles. The molecule has 0 aliphatic heterocycles. The Morgan fingerprint density at radius 3 is 2.38 bits per heavy atom. The summed E-state index contributed by atoms with van der Waals surface area (Å²) in [5.74, 6) is 0.984. The van der Waals surface area contributed by atoms with Gasteiger partial charge in [0, 0.05) is 24.4 Å². The third kappa shape index (κ3) is 2.74. The zero-order chi connectivity index (χ0) is 14.8. The van der Waals surface area contributed by atoms with Crippen molar-refractivity contribution in [3.05, 3.63) is 54.6 Å². The number of hydrogen-bond donors (Lipinski definition) is 0. The zero-order valence-electron chi connectivity index (χ0n) is 12.5. The number of nitrogens with zero attached hydrogens (tertiary/aromatic N) is 2. The van der Waals surface area contributed by atoms with Gasteiger partial charge in [-0.1, -0.05) is 30.3 Å². The molecule has 1 aromatic heterocycles. The van der Waals surface area contributed by atoms with E-state index in [9.17, 15) is 0 Å². The van der Waals surface area contributed by atoms with Crippen LogP contribution in [0.4, 0.5) is 5.82 Å². The fourth-order valence-electron chi connectivity index (χ4n) is 2.40. The van der Waals surface area contributed by atoms with Crippen molar-refractivity contribution in [2.24, 2.45) is 0 Å². The highest BCUT2D eigenvalue weighted by Gasteiger charge is 2.09. The first-order chi connectivity index (χ1) is 10.2. The van der Waals surface area contributed by atoms with E-state index >= 15 is 0 Å². The Morgan fingerprint density at radius 2 is 1.71 bits per heavy atom. The highest BCUT2D eigenvalue weighted by atomic mass is 32.2. The lowest BCUT2D eigenvalue weighted by atomic mass is 10.0. The summed E-state index contributed by atoms with van der Waals surface area (Å²) >= 11 is 1.76. The molecule has 0 saturated heterocycles. The van der Waals surface area contributed by atoms with Crippen LogP contribution in [0.3, 0.4) is 0 Å². The van der Waals surface area contributed by atoms with Gasteiger partial charge in [0.1, 0.15) is 5.82 Å². The van der Waals surface area contributed by atoms with Crippen molar-refractivity contribution in [1.29, 1.82) is 0 Å². The van der Waals surface area contributed by atoms with Gasteiger partial charge in [0.15, 0.2) is 0 Å². The van der Waals surface area contributed by atoms with Crippen LogP contribution in [0.5, 0.6) is 0 Å². The molecule has 0 N–H and O–H groups in total. The van der Waals surface area contributed by atoms with Crippen LogP contribution in [-0.4, -0.2) is 25.3 Å². The number of aromatic nitrogens is 1.